The molecule has 2 aliphatic rings. The van der Waals surface area contributed by atoms with Crippen molar-refractivity contribution in [3.8, 4) is 0 Å². The van der Waals surface area contributed by atoms with Crippen LogP contribution in [-0.2, 0) is 11.2 Å². The van der Waals surface area contributed by atoms with Crippen LogP contribution in [0.15, 0.2) is 34.9 Å². The molecule has 3 atom stereocenters. The lowest BCUT2D eigenvalue weighted by atomic mass is 9.88. The lowest BCUT2D eigenvalue weighted by Crippen LogP contribution is -2.48. The van der Waals surface area contributed by atoms with Gasteiger partial charge in [-0.25, -0.2) is 4.39 Å². The first-order valence-corrected chi connectivity index (χ1v) is 10.4. The van der Waals surface area contributed by atoms with Gasteiger partial charge in [0.05, 0.1) is 12.1 Å². The topological polar surface area (TPSA) is 75.4 Å². The minimum absolute atomic E-state index is 0.0120. The number of likely N-dealkylation sites (tertiary alicyclic amines) is 1. The predicted octanol–water partition coefficient (Wildman–Crippen LogP) is 3.43. The number of hydrogen-bond acceptors (Lipinski definition) is 4. The quantitative estimate of drug-likeness (QED) is 0.855. The predicted molar refractivity (Wildman–Crippen MR) is 105 cm³/mol. The van der Waals surface area contributed by atoms with E-state index in [9.17, 15) is 14.0 Å². The van der Waals surface area contributed by atoms with E-state index >= 15 is 0 Å². The van der Waals surface area contributed by atoms with Crippen molar-refractivity contribution in [3.63, 3.8) is 0 Å². The summed E-state index contributed by atoms with van der Waals surface area (Å²) in [6.07, 6.45) is 4.58. The summed E-state index contributed by atoms with van der Waals surface area (Å²) < 4.78 is 19.2. The van der Waals surface area contributed by atoms with Gasteiger partial charge in [0, 0.05) is 31.4 Å². The van der Waals surface area contributed by atoms with Crippen molar-refractivity contribution in [1.82, 2.24) is 15.4 Å². The second-order valence-corrected chi connectivity index (χ2v) is 7.95. The Morgan fingerprint density at radius 3 is 3.00 bits per heavy atom. The molecule has 29 heavy (non-hydrogen) atoms. The van der Waals surface area contributed by atoms with Crippen molar-refractivity contribution in [1.29, 1.82) is 0 Å². The molecule has 2 fully saturated rings. The van der Waals surface area contributed by atoms with Crippen LogP contribution in [0.5, 0.6) is 0 Å². The van der Waals surface area contributed by atoms with Crippen molar-refractivity contribution in [2.24, 2.45) is 0 Å². The van der Waals surface area contributed by atoms with Gasteiger partial charge >= 0.3 is 0 Å². The number of hydrogen-bond donors (Lipinski definition) is 1. The molecular formula is C22H26FN3O3. The SMILES string of the molecule is CCCc1cc(C(=O)N2C[C@@H](c3cccc(F)c3)[C@@H]3NC(=O)CCCC[C@H]32)no1. The van der Waals surface area contributed by atoms with E-state index in [1.807, 2.05) is 13.0 Å². The van der Waals surface area contributed by atoms with E-state index < -0.39 is 0 Å². The van der Waals surface area contributed by atoms with E-state index in [2.05, 4.69) is 10.5 Å². The third-order valence-corrected chi connectivity index (χ3v) is 5.94. The van der Waals surface area contributed by atoms with E-state index in [0.717, 1.165) is 37.7 Å². The van der Waals surface area contributed by atoms with Gasteiger partial charge in [-0.05, 0) is 37.0 Å². The number of halogens is 1. The highest BCUT2D eigenvalue weighted by atomic mass is 19.1. The molecule has 0 spiro atoms. The van der Waals surface area contributed by atoms with Crippen molar-refractivity contribution in [2.45, 2.75) is 63.5 Å². The highest BCUT2D eigenvalue weighted by molar-refractivity contribution is 5.93. The van der Waals surface area contributed by atoms with Gasteiger partial charge < -0.3 is 14.7 Å². The first-order chi connectivity index (χ1) is 14.1. The zero-order valence-electron chi connectivity index (χ0n) is 16.6. The third kappa shape index (κ3) is 4.04. The number of aromatic nitrogens is 1. The van der Waals surface area contributed by atoms with Gasteiger partial charge in [-0.15, -0.1) is 0 Å². The molecule has 4 rings (SSSR count). The minimum atomic E-state index is -0.318. The molecule has 1 aromatic heterocycles. The number of nitrogens with one attached hydrogen (secondary N) is 1. The van der Waals surface area contributed by atoms with Crippen LogP contribution in [0.3, 0.4) is 0 Å². The van der Waals surface area contributed by atoms with Crippen LogP contribution < -0.4 is 5.32 Å². The van der Waals surface area contributed by atoms with E-state index in [-0.39, 0.29) is 35.6 Å². The highest BCUT2D eigenvalue weighted by Gasteiger charge is 2.46. The normalized spacial score (nSPS) is 24.6. The van der Waals surface area contributed by atoms with Crippen molar-refractivity contribution in [3.05, 3.63) is 53.2 Å². The average molecular weight is 399 g/mol. The maximum atomic E-state index is 13.9. The molecule has 0 unspecified atom stereocenters. The van der Waals surface area contributed by atoms with Crippen LogP contribution in [-0.4, -0.2) is 40.5 Å². The molecule has 0 saturated carbocycles. The van der Waals surface area contributed by atoms with Gasteiger partial charge in [0.2, 0.25) is 5.91 Å². The summed E-state index contributed by atoms with van der Waals surface area (Å²) in [6, 6.07) is 7.75. The zero-order valence-corrected chi connectivity index (χ0v) is 16.6. The van der Waals surface area contributed by atoms with E-state index in [4.69, 9.17) is 4.52 Å². The van der Waals surface area contributed by atoms with Crippen LogP contribution in [0.4, 0.5) is 4.39 Å². The van der Waals surface area contributed by atoms with Crippen molar-refractivity contribution in [2.75, 3.05) is 6.54 Å². The molecule has 1 aromatic carbocycles. The summed E-state index contributed by atoms with van der Waals surface area (Å²) in [5.41, 5.74) is 1.09. The number of carbonyl (C=O) groups is 2. The smallest absolute Gasteiger partial charge is 0.276 e. The summed E-state index contributed by atoms with van der Waals surface area (Å²) in [4.78, 5) is 27.4. The minimum Gasteiger partial charge on any atom is -0.361 e. The third-order valence-electron chi connectivity index (χ3n) is 5.94. The summed E-state index contributed by atoms with van der Waals surface area (Å²) in [7, 11) is 0. The fourth-order valence-corrected chi connectivity index (χ4v) is 4.56. The molecule has 1 N–H and O–H groups in total. The first-order valence-electron chi connectivity index (χ1n) is 10.4. The Labute approximate surface area is 169 Å². The first kappa shape index (κ1) is 19.6. The second-order valence-electron chi connectivity index (χ2n) is 7.95. The van der Waals surface area contributed by atoms with Crippen molar-refractivity contribution < 1.29 is 18.5 Å². The Hall–Kier alpha value is -2.70. The van der Waals surface area contributed by atoms with Crippen molar-refractivity contribution >= 4 is 11.8 Å². The Kier molecular flexibility index (Phi) is 5.65. The number of fused-ring (bicyclic) bond motifs is 1. The number of rotatable bonds is 4. The maximum absolute atomic E-state index is 13.9. The van der Waals surface area contributed by atoms with Gasteiger partial charge in [-0.1, -0.05) is 30.6 Å². The van der Waals surface area contributed by atoms with E-state index in [0.29, 0.717) is 24.4 Å². The number of carbonyl (C=O) groups excluding carboxylic acids is 2. The zero-order chi connectivity index (χ0) is 20.4. The Balaban J connectivity index is 1.65. The molecular weight excluding hydrogens is 373 g/mol. The summed E-state index contributed by atoms with van der Waals surface area (Å²) in [6.45, 7) is 2.45. The number of benzene rings is 1. The number of nitrogens with zero attached hydrogens (tertiary/aromatic N) is 2. The standard InChI is InChI=1S/C22H26FN3O3/c1-2-6-16-12-18(25-29-16)22(28)26-13-17(14-7-5-8-15(23)11-14)21-19(26)9-3-4-10-20(27)24-21/h5,7-8,11-12,17,19,21H,2-4,6,9-10,13H2,1H3,(H,24,27)/t17-,19+,21-/m0/s1. The highest BCUT2D eigenvalue weighted by Crippen LogP contribution is 2.36. The summed E-state index contributed by atoms with van der Waals surface area (Å²) >= 11 is 0. The molecule has 6 nitrogen and oxygen atoms in total. The van der Waals surface area contributed by atoms with Crippen LogP contribution in [0, 0.1) is 5.82 Å². The lowest BCUT2D eigenvalue weighted by Gasteiger charge is -2.30. The van der Waals surface area contributed by atoms with Crippen LogP contribution in [0.1, 0.15) is 66.8 Å². The fraction of sp³-hybridized carbons (Fsp3) is 0.500. The van der Waals surface area contributed by atoms with Crippen LogP contribution in [0.25, 0.3) is 0 Å². The molecule has 0 bridgehead atoms. The van der Waals surface area contributed by atoms with Crippen LogP contribution >= 0.6 is 0 Å². The van der Waals surface area contributed by atoms with Gasteiger partial charge in [0.25, 0.3) is 5.91 Å². The summed E-state index contributed by atoms with van der Waals surface area (Å²) in [5, 5.41) is 7.08. The second kappa shape index (κ2) is 8.35. The molecule has 2 aromatic rings. The van der Waals surface area contributed by atoms with Gasteiger partial charge in [-0.2, -0.15) is 0 Å². The molecule has 154 valence electrons. The Bertz CT molecular complexity index is 897. The summed E-state index contributed by atoms with van der Waals surface area (Å²) in [5.74, 6) is 0.00608. The lowest BCUT2D eigenvalue weighted by molar-refractivity contribution is -0.122. The van der Waals surface area contributed by atoms with Crippen LogP contribution in [0.2, 0.25) is 0 Å². The molecule has 2 aliphatic heterocycles. The monoisotopic (exact) mass is 399 g/mol. The Morgan fingerprint density at radius 2 is 2.21 bits per heavy atom. The maximum Gasteiger partial charge on any atom is 0.276 e. The molecule has 0 radical (unpaired) electrons. The molecule has 3 heterocycles. The molecule has 7 heteroatoms. The molecule has 0 aliphatic carbocycles. The largest absolute Gasteiger partial charge is 0.361 e. The van der Waals surface area contributed by atoms with Gasteiger partial charge in [-0.3, -0.25) is 9.59 Å². The van der Waals surface area contributed by atoms with E-state index in [1.165, 1.54) is 12.1 Å². The average Bonchev–Trinajstić information content (AvgIpc) is 3.28. The van der Waals surface area contributed by atoms with E-state index in [1.54, 1.807) is 17.0 Å². The Morgan fingerprint density at radius 1 is 1.34 bits per heavy atom. The fourth-order valence-electron chi connectivity index (χ4n) is 4.56. The van der Waals surface area contributed by atoms with Gasteiger partial charge in [0.1, 0.15) is 11.6 Å². The molecule has 2 amide bonds. The molecule has 2 saturated heterocycles. The number of aryl methyl sites for hydroxylation is 1. The van der Waals surface area contributed by atoms with Gasteiger partial charge in [0.15, 0.2) is 5.69 Å². The number of amides is 2.